The van der Waals surface area contributed by atoms with E-state index in [0.29, 0.717) is 0 Å². The molecule has 1 aromatic heterocycles. The molecule has 1 heterocycles. The van der Waals surface area contributed by atoms with Gasteiger partial charge in [0.2, 0.25) is 0 Å². The molecular formula is C18H17IN2. The third-order valence-corrected chi connectivity index (χ3v) is 4.47. The van der Waals surface area contributed by atoms with Crippen LogP contribution in [0, 0.1) is 6.92 Å². The van der Waals surface area contributed by atoms with Crippen LogP contribution in [0.5, 0.6) is 0 Å². The maximum Gasteiger partial charge on any atom is 0.0932 e. The molecule has 1 aliphatic carbocycles. The summed E-state index contributed by atoms with van der Waals surface area (Å²) < 4.78 is 0.212. The van der Waals surface area contributed by atoms with Crippen LogP contribution in [0.2, 0.25) is 0 Å². The number of aryl methyl sites for hydroxylation is 1. The predicted molar refractivity (Wildman–Crippen MR) is 96.4 cm³/mol. The number of allylic oxidation sites excluding steroid dienone is 4. The molecule has 0 saturated carbocycles. The first-order valence-corrected chi connectivity index (χ1v) is 8.10. The molecule has 0 fully saturated rings. The Morgan fingerprint density at radius 2 is 1.90 bits per heavy atom. The number of halogens is 1. The Morgan fingerprint density at radius 3 is 2.57 bits per heavy atom. The Balaban J connectivity index is 1.93. The second-order valence-electron chi connectivity index (χ2n) is 5.67. The molecule has 0 bridgehead atoms. The molecule has 1 aliphatic rings. The highest BCUT2D eigenvalue weighted by Crippen LogP contribution is 2.33. The lowest BCUT2D eigenvalue weighted by Gasteiger charge is -2.20. The van der Waals surface area contributed by atoms with E-state index >= 15 is 0 Å². The van der Waals surface area contributed by atoms with Gasteiger partial charge in [-0.15, -0.1) is 0 Å². The van der Waals surface area contributed by atoms with Crippen LogP contribution in [0.4, 0.5) is 0 Å². The van der Waals surface area contributed by atoms with E-state index in [1.807, 2.05) is 6.20 Å². The molecule has 2 nitrogen and oxygen atoms in total. The first-order chi connectivity index (χ1) is 10.0. The van der Waals surface area contributed by atoms with Crippen molar-refractivity contribution in [2.45, 2.75) is 23.7 Å². The van der Waals surface area contributed by atoms with Gasteiger partial charge in [-0.25, -0.2) is 0 Å². The highest BCUT2D eigenvalue weighted by molar-refractivity contribution is 14.1. The minimum atomic E-state index is 0.212. The molecule has 106 valence electrons. The van der Waals surface area contributed by atoms with Crippen molar-refractivity contribution in [1.29, 1.82) is 0 Å². The van der Waals surface area contributed by atoms with Gasteiger partial charge >= 0.3 is 0 Å². The van der Waals surface area contributed by atoms with Crippen LogP contribution >= 0.6 is 22.6 Å². The van der Waals surface area contributed by atoms with E-state index in [1.165, 1.54) is 11.1 Å². The molecule has 2 aromatic rings. The fourth-order valence-corrected chi connectivity index (χ4v) is 2.71. The monoisotopic (exact) mass is 388 g/mol. The summed E-state index contributed by atoms with van der Waals surface area (Å²) in [5.41, 5.74) is 5.65. The summed E-state index contributed by atoms with van der Waals surface area (Å²) in [6, 6.07) is 10.6. The quantitative estimate of drug-likeness (QED) is 0.535. The summed E-state index contributed by atoms with van der Waals surface area (Å²) in [5.74, 6) is 0. The predicted octanol–water partition coefficient (Wildman–Crippen LogP) is 4.99. The SMILES string of the molecule is Cc1ccc(-c2cnnc(C3=CC[C@](C)(I)C=C3)c2)cc1. The topological polar surface area (TPSA) is 25.8 Å². The minimum Gasteiger partial charge on any atom is -0.158 e. The Labute approximate surface area is 139 Å². The average Bonchev–Trinajstić information content (AvgIpc) is 2.48. The summed E-state index contributed by atoms with van der Waals surface area (Å²) in [6.07, 6.45) is 9.48. The van der Waals surface area contributed by atoms with Gasteiger partial charge in [-0.05, 0) is 37.5 Å². The van der Waals surface area contributed by atoms with Gasteiger partial charge in [0.1, 0.15) is 0 Å². The second kappa shape index (κ2) is 5.72. The van der Waals surface area contributed by atoms with E-state index in [9.17, 15) is 0 Å². The number of hydrogen-bond acceptors (Lipinski definition) is 2. The van der Waals surface area contributed by atoms with Crippen LogP contribution < -0.4 is 0 Å². The van der Waals surface area contributed by atoms with Gasteiger partial charge in [0.25, 0.3) is 0 Å². The molecule has 0 aliphatic heterocycles. The van der Waals surface area contributed by atoms with Gasteiger partial charge in [0.15, 0.2) is 0 Å². The van der Waals surface area contributed by atoms with Crippen molar-refractivity contribution in [3.8, 4) is 11.1 Å². The molecule has 0 amide bonds. The van der Waals surface area contributed by atoms with Gasteiger partial charge in [0, 0.05) is 8.99 Å². The smallest absolute Gasteiger partial charge is 0.0932 e. The lowest BCUT2D eigenvalue weighted by Crippen LogP contribution is -2.12. The Kier molecular flexibility index (Phi) is 3.93. The molecule has 0 saturated heterocycles. The lowest BCUT2D eigenvalue weighted by atomic mass is 9.95. The van der Waals surface area contributed by atoms with Crippen molar-refractivity contribution in [1.82, 2.24) is 10.2 Å². The summed E-state index contributed by atoms with van der Waals surface area (Å²) in [4.78, 5) is 0. The summed E-state index contributed by atoms with van der Waals surface area (Å²) in [5, 5.41) is 8.45. The number of nitrogens with zero attached hydrogens (tertiary/aromatic N) is 2. The standard InChI is InChI=1S/C18H17IN2/c1-13-3-5-14(6-4-13)16-11-17(21-20-12-16)15-7-9-18(2,19)10-8-15/h3-9,11-12H,10H2,1-2H3/t18-/m1/s1. The molecule has 3 rings (SSSR count). The molecule has 3 heteroatoms. The van der Waals surface area contributed by atoms with Crippen LogP contribution in [0.3, 0.4) is 0 Å². The molecule has 1 atom stereocenters. The van der Waals surface area contributed by atoms with Crippen LogP contribution in [0.1, 0.15) is 24.6 Å². The third kappa shape index (κ3) is 3.40. The van der Waals surface area contributed by atoms with Gasteiger partial charge in [0.05, 0.1) is 11.9 Å². The lowest BCUT2D eigenvalue weighted by molar-refractivity contribution is 0.837. The normalized spacial score (nSPS) is 21.2. The summed E-state index contributed by atoms with van der Waals surface area (Å²) in [7, 11) is 0. The molecule has 0 unspecified atom stereocenters. The van der Waals surface area contributed by atoms with Crippen molar-refractivity contribution in [2.24, 2.45) is 0 Å². The van der Waals surface area contributed by atoms with Crippen LogP contribution in [-0.2, 0) is 0 Å². The first kappa shape index (κ1) is 14.4. The van der Waals surface area contributed by atoms with Gasteiger partial charge in [-0.1, -0.05) is 70.6 Å². The highest BCUT2D eigenvalue weighted by atomic mass is 127. The van der Waals surface area contributed by atoms with Crippen molar-refractivity contribution in [2.75, 3.05) is 0 Å². The fourth-order valence-electron chi connectivity index (χ4n) is 2.31. The molecule has 0 N–H and O–H groups in total. The molecule has 1 aromatic carbocycles. The molecular weight excluding hydrogens is 371 g/mol. The van der Waals surface area contributed by atoms with E-state index in [2.05, 4.69) is 95.2 Å². The van der Waals surface area contributed by atoms with E-state index in [1.54, 1.807) is 0 Å². The van der Waals surface area contributed by atoms with Crippen molar-refractivity contribution < 1.29 is 0 Å². The van der Waals surface area contributed by atoms with Gasteiger partial charge < -0.3 is 0 Å². The van der Waals surface area contributed by atoms with Crippen LogP contribution in [-0.4, -0.2) is 13.6 Å². The second-order valence-corrected chi connectivity index (χ2v) is 8.13. The van der Waals surface area contributed by atoms with Crippen LogP contribution in [0.15, 0.2) is 54.8 Å². The van der Waals surface area contributed by atoms with Crippen molar-refractivity contribution in [3.63, 3.8) is 0 Å². The number of benzene rings is 1. The van der Waals surface area contributed by atoms with E-state index < -0.39 is 0 Å². The van der Waals surface area contributed by atoms with Gasteiger partial charge in [-0.2, -0.15) is 10.2 Å². The zero-order valence-corrected chi connectivity index (χ0v) is 14.3. The number of alkyl halides is 1. The summed E-state index contributed by atoms with van der Waals surface area (Å²) in [6.45, 7) is 4.32. The number of hydrogen-bond donors (Lipinski definition) is 0. The Bertz CT molecular complexity index is 712. The highest BCUT2D eigenvalue weighted by Gasteiger charge is 2.19. The van der Waals surface area contributed by atoms with Crippen LogP contribution in [0.25, 0.3) is 16.7 Å². The summed E-state index contributed by atoms with van der Waals surface area (Å²) >= 11 is 2.47. The molecule has 21 heavy (non-hydrogen) atoms. The number of aromatic nitrogens is 2. The van der Waals surface area contributed by atoms with E-state index in [-0.39, 0.29) is 3.42 Å². The number of rotatable bonds is 2. The average molecular weight is 388 g/mol. The maximum absolute atomic E-state index is 4.28. The zero-order valence-electron chi connectivity index (χ0n) is 12.2. The van der Waals surface area contributed by atoms with Crippen molar-refractivity contribution in [3.05, 3.63) is 66.0 Å². The van der Waals surface area contributed by atoms with E-state index in [0.717, 1.165) is 23.3 Å². The van der Waals surface area contributed by atoms with Crippen molar-refractivity contribution >= 4 is 28.2 Å². The third-order valence-electron chi connectivity index (χ3n) is 3.67. The Hall–Kier alpha value is -1.49. The fraction of sp³-hybridized carbons (Fsp3) is 0.222. The Morgan fingerprint density at radius 1 is 1.14 bits per heavy atom. The first-order valence-electron chi connectivity index (χ1n) is 7.02. The largest absolute Gasteiger partial charge is 0.158 e. The zero-order chi connectivity index (χ0) is 14.9. The molecule has 0 radical (unpaired) electrons. The van der Waals surface area contributed by atoms with E-state index in [4.69, 9.17) is 0 Å². The minimum absolute atomic E-state index is 0.212. The van der Waals surface area contributed by atoms with Gasteiger partial charge in [-0.3, -0.25) is 0 Å². The maximum atomic E-state index is 4.28. The molecule has 0 spiro atoms.